The normalized spacial score (nSPS) is 19.8. The van der Waals surface area contributed by atoms with E-state index < -0.39 is 0 Å². The van der Waals surface area contributed by atoms with Crippen LogP contribution < -0.4 is 10.1 Å². The SMILES string of the molecule is COc1ccc2nc(NC[C@@H]3CCO[C@@H]3c3nc(C)no3)c(C)nc2c1. The summed E-state index contributed by atoms with van der Waals surface area (Å²) in [5.74, 6) is 2.94. The lowest BCUT2D eigenvalue weighted by atomic mass is 10.0. The van der Waals surface area contributed by atoms with Gasteiger partial charge in [0.2, 0.25) is 0 Å². The van der Waals surface area contributed by atoms with Gasteiger partial charge in [-0.1, -0.05) is 5.16 Å². The van der Waals surface area contributed by atoms with Gasteiger partial charge >= 0.3 is 0 Å². The Kier molecular flexibility index (Phi) is 4.42. The third kappa shape index (κ3) is 3.20. The Hall–Kier alpha value is -2.74. The topological polar surface area (TPSA) is 95.2 Å². The highest BCUT2D eigenvalue weighted by Crippen LogP contribution is 2.34. The van der Waals surface area contributed by atoms with E-state index in [-0.39, 0.29) is 12.0 Å². The highest BCUT2D eigenvalue weighted by atomic mass is 16.5. The zero-order chi connectivity index (χ0) is 18.1. The number of hydrogen-bond donors (Lipinski definition) is 1. The van der Waals surface area contributed by atoms with Crippen molar-refractivity contribution >= 4 is 16.9 Å². The predicted octanol–water partition coefficient (Wildman–Crippen LogP) is 2.83. The van der Waals surface area contributed by atoms with Crippen LogP contribution in [0.4, 0.5) is 5.82 Å². The van der Waals surface area contributed by atoms with E-state index in [4.69, 9.17) is 19.0 Å². The molecule has 8 heteroatoms. The second kappa shape index (κ2) is 6.87. The van der Waals surface area contributed by atoms with Crippen LogP contribution in [0.15, 0.2) is 22.7 Å². The maximum absolute atomic E-state index is 5.79. The zero-order valence-corrected chi connectivity index (χ0v) is 15.0. The number of methoxy groups -OCH3 is 1. The van der Waals surface area contributed by atoms with Gasteiger partial charge in [0, 0.05) is 25.1 Å². The summed E-state index contributed by atoms with van der Waals surface area (Å²) in [6, 6.07) is 5.68. The fourth-order valence-electron chi connectivity index (χ4n) is 3.19. The lowest BCUT2D eigenvalue weighted by Crippen LogP contribution is -2.19. The second-order valence-corrected chi connectivity index (χ2v) is 6.41. The lowest BCUT2D eigenvalue weighted by molar-refractivity contribution is 0.0650. The Labute approximate surface area is 150 Å². The predicted molar refractivity (Wildman–Crippen MR) is 95.2 cm³/mol. The summed E-state index contributed by atoms with van der Waals surface area (Å²) in [5.41, 5.74) is 2.48. The standard InChI is InChI=1S/C18H21N5O3/c1-10-17(22-14-5-4-13(24-3)8-15(14)20-10)19-9-12-6-7-25-16(12)18-21-11(2)23-26-18/h4-5,8,12,16H,6-7,9H2,1-3H3,(H,19,22)/t12-,16-/m0/s1. The molecular weight excluding hydrogens is 334 g/mol. The third-order valence-electron chi connectivity index (χ3n) is 4.58. The molecule has 0 unspecified atom stereocenters. The van der Waals surface area contributed by atoms with Crippen LogP contribution in [0.1, 0.15) is 29.9 Å². The molecule has 0 radical (unpaired) electrons. The highest BCUT2D eigenvalue weighted by molar-refractivity contribution is 5.78. The van der Waals surface area contributed by atoms with Crippen LogP contribution in [-0.4, -0.2) is 40.4 Å². The molecule has 0 amide bonds. The van der Waals surface area contributed by atoms with Crippen molar-refractivity contribution in [1.29, 1.82) is 0 Å². The second-order valence-electron chi connectivity index (χ2n) is 6.41. The molecule has 0 saturated carbocycles. The van der Waals surface area contributed by atoms with Crippen LogP contribution in [0.3, 0.4) is 0 Å². The zero-order valence-electron chi connectivity index (χ0n) is 15.0. The van der Waals surface area contributed by atoms with E-state index >= 15 is 0 Å². The molecule has 3 heterocycles. The Balaban J connectivity index is 1.51. The first-order valence-electron chi connectivity index (χ1n) is 8.62. The molecule has 1 N–H and O–H groups in total. The first kappa shape index (κ1) is 16.7. The number of nitrogens with zero attached hydrogens (tertiary/aromatic N) is 4. The first-order valence-corrected chi connectivity index (χ1v) is 8.62. The monoisotopic (exact) mass is 355 g/mol. The summed E-state index contributed by atoms with van der Waals surface area (Å²) < 4.78 is 16.3. The van der Waals surface area contributed by atoms with Crippen LogP contribution in [0.5, 0.6) is 5.75 Å². The van der Waals surface area contributed by atoms with Crippen LogP contribution in [0.25, 0.3) is 11.0 Å². The van der Waals surface area contributed by atoms with Gasteiger partial charge in [-0.15, -0.1) is 0 Å². The quantitative estimate of drug-likeness (QED) is 0.746. The van der Waals surface area contributed by atoms with Gasteiger partial charge in [-0.3, -0.25) is 0 Å². The molecular formula is C18H21N5O3. The van der Waals surface area contributed by atoms with Gasteiger partial charge in [-0.25, -0.2) is 9.97 Å². The molecule has 1 aliphatic rings. The highest BCUT2D eigenvalue weighted by Gasteiger charge is 2.34. The number of aromatic nitrogens is 4. The van der Waals surface area contributed by atoms with Crippen molar-refractivity contribution in [2.75, 3.05) is 25.6 Å². The molecule has 136 valence electrons. The van der Waals surface area contributed by atoms with Gasteiger partial charge in [-0.05, 0) is 32.4 Å². The van der Waals surface area contributed by atoms with Crippen LogP contribution >= 0.6 is 0 Å². The molecule has 2 atom stereocenters. The van der Waals surface area contributed by atoms with E-state index in [9.17, 15) is 0 Å². The molecule has 2 aromatic heterocycles. The lowest BCUT2D eigenvalue weighted by Gasteiger charge is -2.17. The Morgan fingerprint density at radius 3 is 2.85 bits per heavy atom. The van der Waals surface area contributed by atoms with Crippen molar-refractivity contribution in [3.05, 3.63) is 35.6 Å². The van der Waals surface area contributed by atoms with E-state index in [1.54, 1.807) is 14.0 Å². The van der Waals surface area contributed by atoms with Gasteiger partial charge in [0.05, 0.1) is 23.8 Å². The van der Waals surface area contributed by atoms with E-state index in [0.29, 0.717) is 24.9 Å². The average molecular weight is 355 g/mol. The third-order valence-corrected chi connectivity index (χ3v) is 4.58. The van der Waals surface area contributed by atoms with E-state index in [0.717, 1.165) is 34.7 Å². The summed E-state index contributed by atoms with van der Waals surface area (Å²) in [6.45, 7) is 5.13. The van der Waals surface area contributed by atoms with Crippen molar-refractivity contribution in [1.82, 2.24) is 20.1 Å². The first-order chi connectivity index (χ1) is 12.6. The Bertz CT molecular complexity index is 926. The van der Waals surface area contributed by atoms with Crippen LogP contribution in [0, 0.1) is 19.8 Å². The minimum absolute atomic E-state index is 0.179. The van der Waals surface area contributed by atoms with Crippen molar-refractivity contribution in [2.45, 2.75) is 26.4 Å². The van der Waals surface area contributed by atoms with Crippen LogP contribution in [0.2, 0.25) is 0 Å². The molecule has 0 spiro atoms. The average Bonchev–Trinajstić information content (AvgIpc) is 3.27. The molecule has 8 nitrogen and oxygen atoms in total. The summed E-state index contributed by atoms with van der Waals surface area (Å²) in [4.78, 5) is 13.6. The number of benzene rings is 1. The van der Waals surface area contributed by atoms with Gasteiger partial charge in [0.25, 0.3) is 5.89 Å². The fourth-order valence-corrected chi connectivity index (χ4v) is 3.19. The smallest absolute Gasteiger partial charge is 0.256 e. The maximum atomic E-state index is 5.79. The van der Waals surface area contributed by atoms with Crippen LogP contribution in [-0.2, 0) is 4.74 Å². The molecule has 3 aromatic rings. The number of rotatable bonds is 5. The number of ether oxygens (including phenoxy) is 2. The molecule has 26 heavy (non-hydrogen) atoms. The summed E-state index contributed by atoms with van der Waals surface area (Å²) >= 11 is 0. The van der Waals surface area contributed by atoms with Crippen molar-refractivity contribution < 1.29 is 14.0 Å². The summed E-state index contributed by atoms with van der Waals surface area (Å²) in [6.07, 6.45) is 0.748. The van der Waals surface area contributed by atoms with Gasteiger partial charge in [0.15, 0.2) is 5.82 Å². The maximum Gasteiger partial charge on any atom is 0.256 e. The Morgan fingerprint density at radius 1 is 1.19 bits per heavy atom. The van der Waals surface area contributed by atoms with E-state index in [1.165, 1.54) is 0 Å². The van der Waals surface area contributed by atoms with Gasteiger partial charge in [-0.2, -0.15) is 4.98 Å². The molecule has 0 bridgehead atoms. The van der Waals surface area contributed by atoms with E-state index in [2.05, 4.69) is 20.4 Å². The number of anilines is 1. The molecule has 1 saturated heterocycles. The molecule has 1 aromatic carbocycles. The molecule has 0 aliphatic carbocycles. The summed E-state index contributed by atoms with van der Waals surface area (Å²) in [7, 11) is 1.64. The van der Waals surface area contributed by atoms with E-state index in [1.807, 2.05) is 25.1 Å². The van der Waals surface area contributed by atoms with Gasteiger partial charge in [0.1, 0.15) is 17.7 Å². The number of fused-ring (bicyclic) bond motifs is 1. The number of hydrogen-bond acceptors (Lipinski definition) is 8. The van der Waals surface area contributed by atoms with Crippen molar-refractivity contribution in [3.63, 3.8) is 0 Å². The fraction of sp³-hybridized carbons (Fsp3) is 0.444. The minimum atomic E-state index is -0.179. The molecule has 1 aliphatic heterocycles. The number of aryl methyl sites for hydroxylation is 2. The largest absolute Gasteiger partial charge is 0.497 e. The summed E-state index contributed by atoms with van der Waals surface area (Å²) in [5, 5.41) is 7.26. The molecule has 1 fully saturated rings. The van der Waals surface area contributed by atoms with Crippen molar-refractivity contribution in [3.8, 4) is 5.75 Å². The van der Waals surface area contributed by atoms with Gasteiger partial charge < -0.3 is 19.3 Å². The Morgan fingerprint density at radius 2 is 2.08 bits per heavy atom. The molecule has 4 rings (SSSR count). The minimum Gasteiger partial charge on any atom is -0.497 e. The van der Waals surface area contributed by atoms with Crippen molar-refractivity contribution in [2.24, 2.45) is 5.92 Å². The number of nitrogens with one attached hydrogen (secondary N) is 1.